The van der Waals surface area contributed by atoms with E-state index in [1.807, 2.05) is 11.9 Å². The summed E-state index contributed by atoms with van der Waals surface area (Å²) in [4.78, 5) is 17.0. The highest BCUT2D eigenvalue weighted by molar-refractivity contribution is 7.13. The highest BCUT2D eigenvalue weighted by Crippen LogP contribution is 2.28. The first-order valence-corrected chi connectivity index (χ1v) is 7.18. The van der Waals surface area contributed by atoms with Crippen LogP contribution < -0.4 is 10.6 Å². The van der Waals surface area contributed by atoms with Crippen LogP contribution in [0.2, 0.25) is 0 Å². The summed E-state index contributed by atoms with van der Waals surface area (Å²) >= 11 is 1.40. The van der Waals surface area contributed by atoms with Crippen LogP contribution in [-0.2, 0) is 9.53 Å². The first-order chi connectivity index (χ1) is 9.08. The first-order valence-electron chi connectivity index (χ1n) is 6.30. The summed E-state index contributed by atoms with van der Waals surface area (Å²) in [5.74, 6) is -0.294. The molecule has 1 atom stereocenters. The fourth-order valence-electron chi connectivity index (χ4n) is 1.55. The van der Waals surface area contributed by atoms with Crippen LogP contribution in [0.1, 0.15) is 24.6 Å². The van der Waals surface area contributed by atoms with Crippen molar-refractivity contribution in [1.29, 1.82) is 0 Å². The van der Waals surface area contributed by atoms with Crippen molar-refractivity contribution < 1.29 is 14.6 Å². The van der Waals surface area contributed by atoms with Gasteiger partial charge in [-0.1, -0.05) is 0 Å². The SMILES string of the molecule is CN(CCOCC1CC1)c1nc(C(N)C(=O)O)cs1. The number of hydrogen-bond donors (Lipinski definition) is 2. The minimum atomic E-state index is -1.06. The van der Waals surface area contributed by atoms with E-state index in [1.54, 1.807) is 5.38 Å². The average Bonchev–Trinajstić information content (AvgIpc) is 3.07. The molecular formula is C12H19N3O3S. The molecule has 1 aliphatic rings. The van der Waals surface area contributed by atoms with Gasteiger partial charge in [0.05, 0.1) is 12.3 Å². The maximum atomic E-state index is 10.8. The predicted molar refractivity (Wildman–Crippen MR) is 73.5 cm³/mol. The third kappa shape index (κ3) is 4.15. The average molecular weight is 285 g/mol. The summed E-state index contributed by atoms with van der Waals surface area (Å²) in [6.07, 6.45) is 2.58. The predicted octanol–water partition coefficient (Wildman–Crippen LogP) is 1.09. The largest absolute Gasteiger partial charge is 0.480 e. The number of carboxylic acids is 1. The molecule has 2 rings (SSSR count). The van der Waals surface area contributed by atoms with Gasteiger partial charge in [0.2, 0.25) is 0 Å². The Morgan fingerprint density at radius 2 is 2.47 bits per heavy atom. The van der Waals surface area contributed by atoms with Gasteiger partial charge in [0, 0.05) is 25.6 Å². The van der Waals surface area contributed by atoms with E-state index in [2.05, 4.69) is 4.98 Å². The molecule has 1 unspecified atom stereocenters. The number of aromatic nitrogens is 1. The van der Waals surface area contributed by atoms with E-state index in [-0.39, 0.29) is 0 Å². The fourth-order valence-corrected chi connectivity index (χ4v) is 2.41. The Morgan fingerprint density at radius 3 is 3.11 bits per heavy atom. The Bertz CT molecular complexity index is 434. The minimum Gasteiger partial charge on any atom is -0.480 e. The zero-order valence-corrected chi connectivity index (χ0v) is 11.7. The van der Waals surface area contributed by atoms with Crippen LogP contribution in [0.4, 0.5) is 5.13 Å². The van der Waals surface area contributed by atoms with Crippen molar-refractivity contribution >= 4 is 22.4 Å². The molecule has 3 N–H and O–H groups in total. The van der Waals surface area contributed by atoms with E-state index in [0.29, 0.717) is 12.3 Å². The summed E-state index contributed by atoms with van der Waals surface area (Å²) in [6.45, 7) is 2.25. The topological polar surface area (TPSA) is 88.7 Å². The third-order valence-electron chi connectivity index (χ3n) is 3.04. The summed E-state index contributed by atoms with van der Waals surface area (Å²) in [5, 5.41) is 11.3. The summed E-state index contributed by atoms with van der Waals surface area (Å²) in [7, 11) is 1.91. The third-order valence-corrected chi connectivity index (χ3v) is 4.02. The van der Waals surface area contributed by atoms with Crippen LogP contribution in [0.25, 0.3) is 0 Å². The lowest BCUT2D eigenvalue weighted by atomic mass is 10.2. The number of anilines is 1. The molecule has 0 saturated heterocycles. The van der Waals surface area contributed by atoms with Crippen molar-refractivity contribution in [3.8, 4) is 0 Å². The molecule has 1 aromatic heterocycles. The van der Waals surface area contributed by atoms with Crippen molar-refractivity contribution in [3.05, 3.63) is 11.1 Å². The number of likely N-dealkylation sites (N-methyl/N-ethyl adjacent to an activating group) is 1. The molecular weight excluding hydrogens is 266 g/mol. The summed E-state index contributed by atoms with van der Waals surface area (Å²) < 4.78 is 5.56. The number of ether oxygens (including phenoxy) is 1. The van der Waals surface area contributed by atoms with E-state index in [9.17, 15) is 4.79 Å². The van der Waals surface area contributed by atoms with Gasteiger partial charge < -0.3 is 20.5 Å². The molecule has 0 radical (unpaired) electrons. The lowest BCUT2D eigenvalue weighted by Gasteiger charge is -2.15. The number of hydrogen-bond acceptors (Lipinski definition) is 6. The highest BCUT2D eigenvalue weighted by atomic mass is 32.1. The van der Waals surface area contributed by atoms with Crippen molar-refractivity contribution in [2.75, 3.05) is 31.7 Å². The molecule has 1 aliphatic carbocycles. The van der Waals surface area contributed by atoms with E-state index in [4.69, 9.17) is 15.6 Å². The van der Waals surface area contributed by atoms with Crippen LogP contribution in [0.3, 0.4) is 0 Å². The van der Waals surface area contributed by atoms with E-state index >= 15 is 0 Å². The molecule has 19 heavy (non-hydrogen) atoms. The monoisotopic (exact) mass is 285 g/mol. The van der Waals surface area contributed by atoms with Gasteiger partial charge in [-0.25, -0.2) is 4.98 Å². The Labute approximate surface area is 116 Å². The Balaban J connectivity index is 1.77. The van der Waals surface area contributed by atoms with Gasteiger partial charge >= 0.3 is 5.97 Å². The van der Waals surface area contributed by atoms with Crippen LogP contribution in [-0.4, -0.2) is 42.9 Å². The van der Waals surface area contributed by atoms with Crippen molar-refractivity contribution in [2.24, 2.45) is 11.7 Å². The Kier molecular flexibility index (Phi) is 4.73. The van der Waals surface area contributed by atoms with E-state index in [1.165, 1.54) is 24.2 Å². The second-order valence-electron chi connectivity index (χ2n) is 4.81. The van der Waals surface area contributed by atoms with Gasteiger partial charge in [-0.3, -0.25) is 4.79 Å². The molecule has 0 aromatic carbocycles. The van der Waals surface area contributed by atoms with Gasteiger partial charge in [-0.05, 0) is 18.8 Å². The zero-order valence-electron chi connectivity index (χ0n) is 10.9. The molecule has 6 nitrogen and oxygen atoms in total. The summed E-state index contributed by atoms with van der Waals surface area (Å²) in [6, 6.07) is -1.05. The van der Waals surface area contributed by atoms with Gasteiger partial charge in [-0.2, -0.15) is 0 Å². The number of aliphatic carboxylic acids is 1. The molecule has 0 amide bonds. The fraction of sp³-hybridized carbons (Fsp3) is 0.667. The molecule has 1 heterocycles. The minimum absolute atomic E-state index is 0.401. The molecule has 106 valence electrons. The smallest absolute Gasteiger partial charge is 0.326 e. The molecule has 0 aliphatic heterocycles. The van der Waals surface area contributed by atoms with Gasteiger partial charge in [0.15, 0.2) is 5.13 Å². The van der Waals surface area contributed by atoms with Crippen molar-refractivity contribution in [1.82, 2.24) is 4.98 Å². The zero-order chi connectivity index (χ0) is 13.8. The molecule has 1 aromatic rings. The highest BCUT2D eigenvalue weighted by Gasteiger charge is 2.21. The maximum Gasteiger partial charge on any atom is 0.326 e. The number of carbonyl (C=O) groups is 1. The second-order valence-corrected chi connectivity index (χ2v) is 5.65. The first kappa shape index (κ1) is 14.2. The maximum absolute atomic E-state index is 10.8. The van der Waals surface area contributed by atoms with Crippen LogP contribution >= 0.6 is 11.3 Å². The van der Waals surface area contributed by atoms with Gasteiger partial charge in [0.25, 0.3) is 0 Å². The molecule has 0 spiro atoms. The number of nitrogens with two attached hydrogens (primary N) is 1. The molecule has 0 bridgehead atoms. The normalized spacial score (nSPS) is 16.3. The quantitative estimate of drug-likeness (QED) is 0.695. The van der Waals surface area contributed by atoms with Crippen LogP contribution in [0, 0.1) is 5.92 Å². The number of carboxylic acid groups (broad SMARTS) is 1. The van der Waals surface area contributed by atoms with Crippen molar-refractivity contribution in [2.45, 2.75) is 18.9 Å². The lowest BCUT2D eigenvalue weighted by molar-refractivity contribution is -0.138. The molecule has 1 saturated carbocycles. The molecule has 1 fully saturated rings. The Morgan fingerprint density at radius 1 is 1.74 bits per heavy atom. The second kappa shape index (κ2) is 6.31. The van der Waals surface area contributed by atoms with E-state index < -0.39 is 12.0 Å². The van der Waals surface area contributed by atoms with Gasteiger partial charge in [0.1, 0.15) is 6.04 Å². The van der Waals surface area contributed by atoms with Gasteiger partial charge in [-0.15, -0.1) is 11.3 Å². The summed E-state index contributed by atoms with van der Waals surface area (Å²) in [5.41, 5.74) is 5.92. The lowest BCUT2D eigenvalue weighted by Crippen LogP contribution is -2.24. The van der Waals surface area contributed by atoms with E-state index in [0.717, 1.165) is 24.2 Å². The standard InChI is InChI=1S/C12H19N3O3S/c1-15(4-5-18-6-8-2-3-8)12-14-9(7-19-12)10(13)11(16)17/h7-8,10H,2-6,13H2,1H3,(H,16,17). The van der Waals surface area contributed by atoms with Crippen LogP contribution in [0.15, 0.2) is 5.38 Å². The number of thiazole rings is 1. The Hall–Kier alpha value is -1.18. The number of rotatable bonds is 8. The number of nitrogens with zero attached hydrogens (tertiary/aromatic N) is 2. The molecule has 7 heteroatoms. The van der Waals surface area contributed by atoms with Crippen molar-refractivity contribution in [3.63, 3.8) is 0 Å². The van der Waals surface area contributed by atoms with Crippen LogP contribution in [0.5, 0.6) is 0 Å².